The minimum atomic E-state index is -1.14. The molecule has 0 atom stereocenters. The van der Waals surface area contributed by atoms with Crippen LogP contribution in [0.5, 0.6) is 0 Å². The number of aliphatic carboxylic acids is 2. The molecule has 1 amide bonds. The molecule has 0 bridgehead atoms. The van der Waals surface area contributed by atoms with Gasteiger partial charge in [0.2, 0.25) is 4.96 Å². The third-order valence-electron chi connectivity index (χ3n) is 5.63. The maximum Gasteiger partial charge on any atom is 0.323 e. The van der Waals surface area contributed by atoms with E-state index >= 15 is 0 Å². The van der Waals surface area contributed by atoms with E-state index in [1.165, 1.54) is 9.42 Å². The van der Waals surface area contributed by atoms with Crippen molar-refractivity contribution in [1.82, 2.24) is 14.6 Å². The number of nitrogens with zero attached hydrogens (tertiary/aromatic N) is 4. The summed E-state index contributed by atoms with van der Waals surface area (Å²) in [6.45, 7) is 0.597. The number of amides is 1. The zero-order valence-corrected chi connectivity index (χ0v) is 20.1. The molecule has 6 rings (SSSR count). The van der Waals surface area contributed by atoms with Crippen LogP contribution in [-0.4, -0.2) is 49.2 Å². The molecule has 2 aromatic heterocycles. The van der Waals surface area contributed by atoms with E-state index in [2.05, 4.69) is 10.1 Å². The van der Waals surface area contributed by atoms with Gasteiger partial charge in [0.1, 0.15) is 11.1 Å². The van der Waals surface area contributed by atoms with Crippen LogP contribution < -0.4 is 15.0 Å². The summed E-state index contributed by atoms with van der Waals surface area (Å²) < 4.78 is 1.40. The molecule has 5 aromatic rings. The molecule has 11 heteroatoms. The molecular formula is C26H18N4O6S. The molecule has 0 fully saturated rings. The van der Waals surface area contributed by atoms with Gasteiger partial charge in [0.05, 0.1) is 11.3 Å². The molecule has 0 radical (unpaired) electrons. The molecular weight excluding hydrogens is 496 g/mol. The summed E-state index contributed by atoms with van der Waals surface area (Å²) in [6.07, 6.45) is 0. The zero-order chi connectivity index (χ0) is 26.3. The molecule has 2 N–H and O–H groups in total. The zero-order valence-electron chi connectivity index (χ0n) is 19.3. The molecule has 37 heavy (non-hydrogen) atoms. The first kappa shape index (κ1) is 23.8. The van der Waals surface area contributed by atoms with E-state index in [-0.39, 0.29) is 10.1 Å². The van der Waals surface area contributed by atoms with Crippen molar-refractivity contribution in [3.63, 3.8) is 0 Å². The van der Waals surface area contributed by atoms with Crippen LogP contribution in [0.2, 0.25) is 0 Å². The van der Waals surface area contributed by atoms with Crippen molar-refractivity contribution in [3.05, 3.63) is 87.2 Å². The fourth-order valence-corrected chi connectivity index (χ4v) is 5.21. The molecule has 10 nitrogen and oxygen atoms in total. The minimum absolute atomic E-state index is 0.181. The Morgan fingerprint density at radius 2 is 1.57 bits per heavy atom. The molecule has 0 spiro atoms. The van der Waals surface area contributed by atoms with E-state index in [9.17, 15) is 19.5 Å². The first-order chi connectivity index (χ1) is 17.8. The molecule has 0 saturated carbocycles. The smallest absolute Gasteiger partial charge is 0.323 e. The quantitative estimate of drug-likeness (QED) is 0.374. The summed E-state index contributed by atoms with van der Waals surface area (Å²) >= 11 is 1.08. The monoisotopic (exact) mass is 514 g/mol. The summed E-state index contributed by atoms with van der Waals surface area (Å²) in [5.74, 6) is -2.06. The molecule has 184 valence electrons. The lowest BCUT2D eigenvalue weighted by Gasteiger charge is -2.13. The van der Waals surface area contributed by atoms with Gasteiger partial charge in [0.25, 0.3) is 17.4 Å². The van der Waals surface area contributed by atoms with Gasteiger partial charge in [-0.3, -0.25) is 24.1 Å². The average molecular weight is 515 g/mol. The Morgan fingerprint density at radius 3 is 2.30 bits per heavy atom. The first-order valence-corrected chi connectivity index (χ1v) is 11.8. The lowest BCUT2D eigenvalue weighted by atomic mass is 10.0. The third-order valence-corrected chi connectivity index (χ3v) is 6.66. The van der Waals surface area contributed by atoms with Crippen molar-refractivity contribution < 1.29 is 24.6 Å². The number of anilines is 1. The summed E-state index contributed by atoms with van der Waals surface area (Å²) in [7, 11) is 0. The number of fused-ring (bicyclic) bond motifs is 3. The van der Waals surface area contributed by atoms with Gasteiger partial charge in [-0.1, -0.05) is 72.0 Å². The molecule has 3 heterocycles. The molecule has 3 aromatic carbocycles. The highest BCUT2D eigenvalue weighted by Gasteiger charge is 2.35. The van der Waals surface area contributed by atoms with Gasteiger partial charge in [-0.15, -0.1) is 5.10 Å². The Balaban J connectivity index is 0.000000655. The highest BCUT2D eigenvalue weighted by molar-refractivity contribution is 7.15. The highest BCUT2D eigenvalue weighted by Crippen LogP contribution is 2.35. The minimum Gasteiger partial charge on any atom is -0.481 e. The lowest BCUT2D eigenvalue weighted by Crippen LogP contribution is -2.35. The summed E-state index contributed by atoms with van der Waals surface area (Å²) in [5.41, 5.74) is 1.53. The Hall–Kier alpha value is -4.90. The van der Waals surface area contributed by atoms with Gasteiger partial charge < -0.3 is 10.2 Å². The average Bonchev–Trinajstić information content (AvgIpc) is 3.49. The largest absolute Gasteiger partial charge is 0.481 e. The van der Waals surface area contributed by atoms with Crippen LogP contribution in [0.15, 0.2) is 71.5 Å². The number of aromatic nitrogens is 3. The Labute approximate surface area is 212 Å². The summed E-state index contributed by atoms with van der Waals surface area (Å²) in [5, 5.41) is 23.1. The standard InChI is InChI=1S/C24H14N4O4S.C2H4O2/c29-18(30)12-27-17-11-4-3-9-16(17)19(22(27)31)20-23(32)28-24(33-20)25-21(26-28)15-10-5-7-13-6-1-2-8-14(13)15;1-2(3)4/h1-11H,12H2,(H,29,30);1H3,(H,3,4)/b20-19-;. The molecule has 0 unspecified atom stereocenters. The van der Waals surface area contributed by atoms with Gasteiger partial charge in [0, 0.05) is 18.1 Å². The second-order valence-electron chi connectivity index (χ2n) is 8.09. The van der Waals surface area contributed by atoms with Crippen molar-refractivity contribution in [2.45, 2.75) is 6.92 Å². The first-order valence-electron chi connectivity index (χ1n) is 11.0. The van der Waals surface area contributed by atoms with Gasteiger partial charge in [-0.05, 0) is 16.8 Å². The van der Waals surface area contributed by atoms with Crippen molar-refractivity contribution in [2.75, 3.05) is 11.4 Å². The number of thiazole rings is 1. The predicted molar refractivity (Wildman–Crippen MR) is 138 cm³/mol. The van der Waals surface area contributed by atoms with Crippen LogP contribution in [0.3, 0.4) is 0 Å². The van der Waals surface area contributed by atoms with Crippen molar-refractivity contribution in [1.29, 1.82) is 0 Å². The maximum absolute atomic E-state index is 13.3. The van der Waals surface area contributed by atoms with E-state index in [1.54, 1.807) is 24.3 Å². The number of hydrogen-bond donors (Lipinski definition) is 2. The molecule has 0 aliphatic carbocycles. The Morgan fingerprint density at radius 1 is 0.919 bits per heavy atom. The number of carboxylic acid groups (broad SMARTS) is 2. The number of benzene rings is 3. The number of carboxylic acids is 2. The molecule has 1 aliphatic heterocycles. The van der Waals surface area contributed by atoms with Crippen molar-refractivity contribution in [3.8, 4) is 11.4 Å². The fraction of sp³-hybridized carbons (Fsp3) is 0.0769. The summed E-state index contributed by atoms with van der Waals surface area (Å²) in [4.78, 5) is 52.8. The third kappa shape index (κ3) is 4.21. The predicted octanol–water partition coefficient (Wildman–Crippen LogP) is 2.41. The molecule has 0 saturated heterocycles. The SMILES string of the molecule is CC(=O)O.O=C(O)CN1C(=O)/C(=c2\sc3nc(-c4cccc5ccccc45)nn3c2=O)c2ccccc21. The van der Waals surface area contributed by atoms with Gasteiger partial charge in [-0.2, -0.15) is 9.50 Å². The number of carbonyl (C=O) groups excluding carboxylic acids is 1. The number of carbonyl (C=O) groups is 3. The van der Waals surface area contributed by atoms with Crippen molar-refractivity contribution >= 4 is 56.2 Å². The second kappa shape index (κ2) is 9.28. The van der Waals surface area contributed by atoms with E-state index in [4.69, 9.17) is 9.90 Å². The van der Waals surface area contributed by atoms with E-state index in [0.717, 1.165) is 34.6 Å². The fourth-order valence-electron chi connectivity index (χ4n) is 4.21. The summed E-state index contributed by atoms with van der Waals surface area (Å²) in [6, 6.07) is 20.5. The van der Waals surface area contributed by atoms with Gasteiger partial charge >= 0.3 is 5.97 Å². The van der Waals surface area contributed by atoms with Crippen LogP contribution in [0.4, 0.5) is 5.69 Å². The van der Waals surface area contributed by atoms with E-state index in [0.29, 0.717) is 22.0 Å². The number of hydrogen-bond acceptors (Lipinski definition) is 7. The van der Waals surface area contributed by atoms with Crippen LogP contribution in [0.25, 0.3) is 32.7 Å². The highest BCUT2D eigenvalue weighted by atomic mass is 32.1. The topological polar surface area (TPSA) is 142 Å². The number of para-hydroxylation sites is 1. The number of rotatable bonds is 3. The van der Waals surface area contributed by atoms with E-state index in [1.807, 2.05) is 42.5 Å². The Kier molecular flexibility index (Phi) is 5.98. The van der Waals surface area contributed by atoms with Crippen molar-refractivity contribution in [2.24, 2.45) is 0 Å². The Bertz CT molecular complexity index is 1830. The normalized spacial score (nSPS) is 14.0. The van der Waals surface area contributed by atoms with Gasteiger partial charge in [-0.25, -0.2) is 0 Å². The van der Waals surface area contributed by atoms with Crippen LogP contribution in [-0.2, 0) is 14.4 Å². The molecule has 1 aliphatic rings. The second-order valence-corrected chi connectivity index (χ2v) is 9.07. The van der Waals surface area contributed by atoms with Crippen LogP contribution in [0.1, 0.15) is 12.5 Å². The lowest BCUT2D eigenvalue weighted by molar-refractivity contribution is -0.136. The van der Waals surface area contributed by atoms with Crippen LogP contribution in [0, 0.1) is 0 Å². The van der Waals surface area contributed by atoms with Crippen LogP contribution >= 0.6 is 11.3 Å². The van der Waals surface area contributed by atoms with Gasteiger partial charge in [0.15, 0.2) is 5.82 Å². The maximum atomic E-state index is 13.3. The van der Waals surface area contributed by atoms with E-state index < -0.39 is 29.9 Å².